The maximum Gasteiger partial charge on any atom is 0.264 e. The summed E-state index contributed by atoms with van der Waals surface area (Å²) >= 11 is 0. The van der Waals surface area contributed by atoms with Crippen molar-refractivity contribution in [1.29, 1.82) is 0 Å². The zero-order valence-corrected chi connectivity index (χ0v) is 18.1. The number of fused-ring (bicyclic) bond motifs is 2. The van der Waals surface area contributed by atoms with Crippen molar-refractivity contribution in [2.24, 2.45) is 0 Å². The van der Waals surface area contributed by atoms with Crippen LogP contribution in [-0.2, 0) is 19.6 Å². The second kappa shape index (κ2) is 8.03. The van der Waals surface area contributed by atoms with Gasteiger partial charge in [-0.1, -0.05) is 17.7 Å². The number of carbonyl (C=O) groups is 2. The van der Waals surface area contributed by atoms with Gasteiger partial charge in [-0.3, -0.25) is 13.9 Å². The van der Waals surface area contributed by atoms with Crippen molar-refractivity contribution in [3.8, 4) is 0 Å². The van der Waals surface area contributed by atoms with Crippen LogP contribution in [0.15, 0.2) is 41.6 Å². The fraction of sp³-hybridized carbons (Fsp3) is 0.524. The second-order valence-electron chi connectivity index (χ2n) is 8.48. The number of carbonyl (C=O) groups excluding carboxylic acids is 2. The standard InChI is InChI=1S/C21H28N4O4S/c1-14-3-7-18(8-4-14)30(28,29)25-10-9-22-21(27)19(25)13-20(26)23-15-11-16-5-6-17(12-15)24(16)2/h3-4,7-10,15-17,19H,5-6,11-13H2,1-2H3,(H,22,27)(H,23,26)/t15?,16?,17?,19-/m1/s1. The molecule has 0 saturated carbocycles. The lowest BCUT2D eigenvalue weighted by Gasteiger charge is -2.37. The molecule has 2 fully saturated rings. The Hall–Kier alpha value is -2.39. The molecule has 8 nitrogen and oxygen atoms in total. The lowest BCUT2D eigenvalue weighted by molar-refractivity contribution is -0.130. The maximum absolute atomic E-state index is 13.1. The number of aryl methyl sites for hydroxylation is 1. The van der Waals surface area contributed by atoms with Crippen molar-refractivity contribution in [3.63, 3.8) is 0 Å². The minimum absolute atomic E-state index is 0.0653. The normalized spacial score (nSPS) is 29.0. The number of nitrogens with one attached hydrogen (secondary N) is 2. The minimum atomic E-state index is -3.96. The summed E-state index contributed by atoms with van der Waals surface area (Å²) in [4.78, 5) is 27.7. The molecular formula is C21H28N4O4S. The van der Waals surface area contributed by atoms with Crippen LogP contribution in [0.25, 0.3) is 0 Å². The van der Waals surface area contributed by atoms with Gasteiger partial charge in [-0.25, -0.2) is 8.42 Å². The van der Waals surface area contributed by atoms with Gasteiger partial charge in [-0.2, -0.15) is 0 Å². The highest BCUT2D eigenvalue weighted by Gasteiger charge is 2.40. The summed E-state index contributed by atoms with van der Waals surface area (Å²) < 4.78 is 27.2. The molecule has 2 unspecified atom stereocenters. The lowest BCUT2D eigenvalue weighted by atomic mass is 9.97. The van der Waals surface area contributed by atoms with Crippen molar-refractivity contribution in [3.05, 3.63) is 42.2 Å². The predicted molar refractivity (Wildman–Crippen MR) is 112 cm³/mol. The highest BCUT2D eigenvalue weighted by atomic mass is 32.2. The van der Waals surface area contributed by atoms with E-state index >= 15 is 0 Å². The van der Waals surface area contributed by atoms with Gasteiger partial charge in [0.05, 0.1) is 11.3 Å². The van der Waals surface area contributed by atoms with Gasteiger partial charge in [-0.05, 0) is 51.8 Å². The number of hydrogen-bond donors (Lipinski definition) is 2. The van der Waals surface area contributed by atoms with E-state index in [9.17, 15) is 18.0 Å². The fourth-order valence-corrected chi connectivity index (χ4v) is 6.21. The van der Waals surface area contributed by atoms with E-state index in [1.807, 2.05) is 6.92 Å². The Morgan fingerprint density at radius 1 is 1.17 bits per heavy atom. The quantitative estimate of drug-likeness (QED) is 0.726. The smallest absolute Gasteiger partial charge is 0.264 e. The molecule has 4 rings (SSSR count). The van der Waals surface area contributed by atoms with Gasteiger partial charge < -0.3 is 15.5 Å². The van der Waals surface area contributed by atoms with Crippen LogP contribution in [0.1, 0.15) is 37.7 Å². The highest BCUT2D eigenvalue weighted by Crippen LogP contribution is 2.34. The summed E-state index contributed by atoms with van der Waals surface area (Å²) in [7, 11) is -1.82. The molecule has 162 valence electrons. The number of nitrogens with zero attached hydrogens (tertiary/aromatic N) is 2. The van der Waals surface area contributed by atoms with Crippen LogP contribution >= 0.6 is 0 Å². The van der Waals surface area contributed by atoms with E-state index in [4.69, 9.17) is 0 Å². The van der Waals surface area contributed by atoms with E-state index in [0.29, 0.717) is 12.1 Å². The molecular weight excluding hydrogens is 404 g/mol. The Kier molecular flexibility index (Phi) is 5.59. The van der Waals surface area contributed by atoms with Crippen LogP contribution in [0.3, 0.4) is 0 Å². The van der Waals surface area contributed by atoms with Gasteiger partial charge in [-0.15, -0.1) is 0 Å². The average molecular weight is 433 g/mol. The number of rotatable bonds is 5. The van der Waals surface area contributed by atoms with E-state index < -0.39 is 22.0 Å². The molecule has 1 aromatic carbocycles. The zero-order valence-electron chi connectivity index (χ0n) is 17.2. The molecule has 0 aromatic heterocycles. The van der Waals surface area contributed by atoms with Crippen LogP contribution in [0.2, 0.25) is 0 Å². The van der Waals surface area contributed by atoms with Crippen LogP contribution in [0.4, 0.5) is 0 Å². The average Bonchev–Trinajstić information content (AvgIpc) is 2.90. The molecule has 3 atom stereocenters. The summed E-state index contributed by atoms with van der Waals surface area (Å²) in [6.07, 6.45) is 6.45. The van der Waals surface area contributed by atoms with Crippen LogP contribution < -0.4 is 10.6 Å². The summed E-state index contributed by atoms with van der Waals surface area (Å²) in [6, 6.07) is 6.34. The zero-order chi connectivity index (χ0) is 21.5. The largest absolute Gasteiger partial charge is 0.353 e. The Morgan fingerprint density at radius 3 is 2.43 bits per heavy atom. The number of sulfonamides is 1. The van der Waals surface area contributed by atoms with Crippen molar-refractivity contribution >= 4 is 21.8 Å². The molecule has 0 aliphatic carbocycles. The van der Waals surface area contributed by atoms with Gasteiger partial charge in [0.25, 0.3) is 10.0 Å². The molecule has 2 saturated heterocycles. The maximum atomic E-state index is 13.1. The first-order chi connectivity index (χ1) is 14.3. The van der Waals surface area contributed by atoms with Gasteiger partial charge in [0, 0.05) is 30.5 Å². The molecule has 30 heavy (non-hydrogen) atoms. The van der Waals surface area contributed by atoms with Crippen molar-refractivity contribution in [1.82, 2.24) is 19.8 Å². The summed E-state index contributed by atoms with van der Waals surface area (Å²) in [5.41, 5.74) is 0.934. The van der Waals surface area contributed by atoms with E-state index in [0.717, 1.165) is 35.6 Å². The van der Waals surface area contributed by atoms with Crippen molar-refractivity contribution < 1.29 is 18.0 Å². The molecule has 2 bridgehead atoms. The van der Waals surface area contributed by atoms with Gasteiger partial charge >= 0.3 is 0 Å². The first-order valence-corrected chi connectivity index (χ1v) is 11.8. The third-order valence-corrected chi connectivity index (χ3v) is 8.29. The molecule has 3 heterocycles. The van der Waals surface area contributed by atoms with E-state index in [1.165, 1.54) is 24.5 Å². The molecule has 2 N–H and O–H groups in total. The van der Waals surface area contributed by atoms with Gasteiger partial charge in [0.15, 0.2) is 0 Å². The first kappa shape index (κ1) is 20.9. The number of amides is 2. The van der Waals surface area contributed by atoms with E-state index in [1.54, 1.807) is 12.1 Å². The third kappa shape index (κ3) is 3.96. The Morgan fingerprint density at radius 2 is 1.80 bits per heavy atom. The molecule has 9 heteroatoms. The van der Waals surface area contributed by atoms with Crippen LogP contribution in [0.5, 0.6) is 0 Å². The number of piperidine rings is 1. The van der Waals surface area contributed by atoms with Crippen molar-refractivity contribution in [2.45, 2.75) is 68.1 Å². The van der Waals surface area contributed by atoms with Crippen LogP contribution in [0, 0.1) is 6.92 Å². The SMILES string of the molecule is Cc1ccc(S(=O)(=O)N2C=CNC(=O)[C@H]2CC(=O)NC2CC3CCC(C2)N3C)cc1. The van der Waals surface area contributed by atoms with Crippen LogP contribution in [-0.4, -0.2) is 60.7 Å². The Balaban J connectivity index is 1.47. The lowest BCUT2D eigenvalue weighted by Crippen LogP contribution is -2.53. The van der Waals surface area contributed by atoms with E-state index in [-0.39, 0.29) is 23.3 Å². The Labute approximate surface area is 177 Å². The molecule has 3 aliphatic rings. The topological polar surface area (TPSA) is 98.8 Å². The molecule has 2 amide bonds. The van der Waals surface area contributed by atoms with Gasteiger partial charge in [0.2, 0.25) is 11.8 Å². The summed E-state index contributed by atoms with van der Waals surface area (Å²) in [5, 5.41) is 5.56. The first-order valence-electron chi connectivity index (χ1n) is 10.3. The molecule has 3 aliphatic heterocycles. The third-order valence-electron chi connectivity index (χ3n) is 6.50. The molecule has 0 radical (unpaired) electrons. The predicted octanol–water partition coefficient (Wildman–Crippen LogP) is 1.09. The minimum Gasteiger partial charge on any atom is -0.353 e. The number of hydrogen-bond acceptors (Lipinski definition) is 5. The second-order valence-corrected chi connectivity index (χ2v) is 10.3. The monoisotopic (exact) mass is 432 g/mol. The van der Waals surface area contributed by atoms with Gasteiger partial charge in [0.1, 0.15) is 6.04 Å². The Bertz CT molecular complexity index is 946. The highest BCUT2D eigenvalue weighted by molar-refractivity contribution is 7.89. The van der Waals surface area contributed by atoms with E-state index in [2.05, 4.69) is 22.6 Å². The number of benzene rings is 1. The summed E-state index contributed by atoms with van der Waals surface area (Å²) in [5.74, 6) is -0.810. The fourth-order valence-electron chi connectivity index (χ4n) is 4.76. The summed E-state index contributed by atoms with van der Waals surface area (Å²) in [6.45, 7) is 1.87. The molecule has 0 spiro atoms. The van der Waals surface area contributed by atoms with Crippen molar-refractivity contribution in [2.75, 3.05) is 7.05 Å². The molecule has 1 aromatic rings.